The van der Waals surface area contributed by atoms with Gasteiger partial charge in [-0.15, -0.1) is 13.2 Å². The molecule has 1 N–H and O–H groups in total. The van der Waals surface area contributed by atoms with Crippen LogP contribution in [-0.4, -0.2) is 37.6 Å². The van der Waals surface area contributed by atoms with Crippen LogP contribution in [0.3, 0.4) is 0 Å². The van der Waals surface area contributed by atoms with Gasteiger partial charge in [-0.25, -0.2) is 0 Å². The van der Waals surface area contributed by atoms with E-state index in [4.69, 9.17) is 5.26 Å². The van der Waals surface area contributed by atoms with E-state index in [-0.39, 0.29) is 0 Å². The normalized spacial score (nSPS) is 9.87. The van der Waals surface area contributed by atoms with Crippen LogP contribution in [0.4, 0.5) is 0 Å². The molecule has 0 amide bonds. The highest BCUT2D eigenvalue weighted by molar-refractivity contribution is 4.79. The topological polar surface area (TPSA) is 39.1 Å². The molecule has 0 radical (unpaired) electrons. The molecule has 0 fully saturated rings. The van der Waals surface area contributed by atoms with Crippen molar-refractivity contribution in [3.05, 3.63) is 25.3 Å². The summed E-state index contributed by atoms with van der Waals surface area (Å²) in [5.41, 5.74) is 0. The van der Waals surface area contributed by atoms with Crippen molar-refractivity contribution in [2.75, 3.05) is 32.7 Å². The molecule has 0 aromatic heterocycles. The van der Waals surface area contributed by atoms with Crippen LogP contribution in [0.15, 0.2) is 25.3 Å². The lowest BCUT2D eigenvalue weighted by Gasteiger charge is -2.18. The van der Waals surface area contributed by atoms with Crippen LogP contribution < -0.4 is 5.32 Å². The van der Waals surface area contributed by atoms with Gasteiger partial charge in [0.2, 0.25) is 0 Å². The van der Waals surface area contributed by atoms with Gasteiger partial charge in [0.15, 0.2) is 0 Å². The van der Waals surface area contributed by atoms with Crippen molar-refractivity contribution >= 4 is 0 Å². The summed E-state index contributed by atoms with van der Waals surface area (Å²) in [6.07, 6.45) is 5.50. The van der Waals surface area contributed by atoms with E-state index in [1.54, 1.807) is 0 Å². The van der Waals surface area contributed by atoms with E-state index < -0.39 is 0 Å². The summed E-state index contributed by atoms with van der Waals surface area (Å²) in [6, 6.07) is 2.11. The zero-order valence-electron chi connectivity index (χ0n) is 9.41. The predicted octanol–water partition coefficient (Wildman–Crippen LogP) is 1.55. The molecular formula is C12H21N3. The van der Waals surface area contributed by atoms with Gasteiger partial charge in [0.25, 0.3) is 0 Å². The third kappa shape index (κ3) is 9.20. The second kappa shape index (κ2) is 11.0. The molecular weight excluding hydrogens is 186 g/mol. The van der Waals surface area contributed by atoms with Crippen LogP contribution in [0.25, 0.3) is 0 Å². The number of nitrogens with one attached hydrogen (secondary N) is 1. The van der Waals surface area contributed by atoms with Gasteiger partial charge in [0.1, 0.15) is 0 Å². The Labute approximate surface area is 93.1 Å². The lowest BCUT2D eigenvalue weighted by atomic mass is 10.3. The van der Waals surface area contributed by atoms with Crippen molar-refractivity contribution in [3.63, 3.8) is 0 Å². The summed E-state index contributed by atoms with van der Waals surface area (Å²) in [5.74, 6) is 0. The Morgan fingerprint density at radius 2 is 1.87 bits per heavy atom. The van der Waals surface area contributed by atoms with E-state index in [0.717, 1.165) is 39.1 Å². The number of nitriles is 1. The van der Waals surface area contributed by atoms with E-state index >= 15 is 0 Å². The van der Waals surface area contributed by atoms with Crippen molar-refractivity contribution in [1.29, 1.82) is 5.26 Å². The molecule has 0 heterocycles. The van der Waals surface area contributed by atoms with Crippen LogP contribution in [-0.2, 0) is 0 Å². The maximum absolute atomic E-state index is 8.33. The molecule has 0 aromatic carbocycles. The Morgan fingerprint density at radius 3 is 2.40 bits per heavy atom. The van der Waals surface area contributed by atoms with Gasteiger partial charge in [-0.1, -0.05) is 12.2 Å². The summed E-state index contributed by atoms with van der Waals surface area (Å²) in [5, 5.41) is 11.6. The number of hydrogen-bond acceptors (Lipinski definition) is 3. The van der Waals surface area contributed by atoms with Crippen LogP contribution in [0.1, 0.15) is 12.8 Å². The van der Waals surface area contributed by atoms with Crippen LogP contribution >= 0.6 is 0 Å². The lowest BCUT2D eigenvalue weighted by Crippen LogP contribution is -2.28. The molecule has 15 heavy (non-hydrogen) atoms. The van der Waals surface area contributed by atoms with E-state index in [2.05, 4.69) is 29.4 Å². The Morgan fingerprint density at radius 1 is 1.20 bits per heavy atom. The molecule has 0 aliphatic rings. The fraction of sp³-hybridized carbons (Fsp3) is 0.583. The number of hydrogen-bond donors (Lipinski definition) is 1. The second-order valence-electron chi connectivity index (χ2n) is 3.35. The van der Waals surface area contributed by atoms with Gasteiger partial charge in [-0.2, -0.15) is 5.26 Å². The van der Waals surface area contributed by atoms with Gasteiger partial charge >= 0.3 is 0 Å². The maximum atomic E-state index is 8.33. The predicted molar refractivity (Wildman–Crippen MR) is 64.6 cm³/mol. The SMILES string of the molecule is C=CCN(CC=C)CCCNCCC#N. The van der Waals surface area contributed by atoms with Gasteiger partial charge in [-0.05, 0) is 19.5 Å². The van der Waals surface area contributed by atoms with Gasteiger partial charge < -0.3 is 5.32 Å². The Bertz CT molecular complexity index is 195. The minimum absolute atomic E-state index is 0.586. The third-order valence-electron chi connectivity index (χ3n) is 2.02. The molecule has 3 nitrogen and oxygen atoms in total. The second-order valence-corrected chi connectivity index (χ2v) is 3.35. The standard InChI is InChI=1S/C12H21N3/c1-3-10-15(11-4-2)12-6-9-14-8-5-7-13/h3-4,14H,1-2,5-6,8-12H2. The highest BCUT2D eigenvalue weighted by Crippen LogP contribution is 1.91. The summed E-state index contributed by atoms with van der Waals surface area (Å²) < 4.78 is 0. The molecule has 0 aliphatic carbocycles. The van der Waals surface area contributed by atoms with Crippen LogP contribution in [0.5, 0.6) is 0 Å². The van der Waals surface area contributed by atoms with Gasteiger partial charge in [-0.3, -0.25) is 4.90 Å². The Balaban J connectivity index is 3.40. The molecule has 0 aromatic rings. The summed E-state index contributed by atoms with van der Waals surface area (Å²) in [6.45, 7) is 12.1. The first-order valence-electron chi connectivity index (χ1n) is 5.37. The van der Waals surface area contributed by atoms with Crippen LogP contribution in [0.2, 0.25) is 0 Å². The first kappa shape index (κ1) is 13.9. The lowest BCUT2D eigenvalue weighted by molar-refractivity contribution is 0.328. The Kier molecular flexibility index (Phi) is 10.2. The van der Waals surface area contributed by atoms with E-state index in [0.29, 0.717) is 6.42 Å². The zero-order chi connectivity index (χ0) is 11.4. The van der Waals surface area contributed by atoms with E-state index in [9.17, 15) is 0 Å². The smallest absolute Gasteiger partial charge is 0.0635 e. The van der Waals surface area contributed by atoms with Crippen LogP contribution in [0, 0.1) is 11.3 Å². The van der Waals surface area contributed by atoms with Gasteiger partial charge in [0, 0.05) is 26.1 Å². The monoisotopic (exact) mass is 207 g/mol. The van der Waals surface area contributed by atoms with Crippen molar-refractivity contribution in [1.82, 2.24) is 10.2 Å². The zero-order valence-corrected chi connectivity index (χ0v) is 9.41. The molecule has 3 heteroatoms. The van der Waals surface area contributed by atoms with Crippen molar-refractivity contribution in [2.24, 2.45) is 0 Å². The molecule has 0 unspecified atom stereocenters. The third-order valence-corrected chi connectivity index (χ3v) is 2.02. The molecule has 0 aliphatic heterocycles. The quantitative estimate of drug-likeness (QED) is 0.436. The highest BCUT2D eigenvalue weighted by Gasteiger charge is 1.98. The Hall–Kier alpha value is -1.11. The first-order chi connectivity index (χ1) is 7.35. The number of nitrogens with zero attached hydrogens (tertiary/aromatic N) is 2. The van der Waals surface area contributed by atoms with Crippen molar-refractivity contribution in [3.8, 4) is 6.07 Å². The van der Waals surface area contributed by atoms with Gasteiger partial charge in [0.05, 0.1) is 6.07 Å². The minimum Gasteiger partial charge on any atom is -0.316 e. The average Bonchev–Trinajstić information content (AvgIpc) is 2.24. The average molecular weight is 207 g/mol. The maximum Gasteiger partial charge on any atom is 0.0635 e. The van der Waals surface area contributed by atoms with Crippen molar-refractivity contribution < 1.29 is 0 Å². The van der Waals surface area contributed by atoms with E-state index in [1.165, 1.54) is 0 Å². The fourth-order valence-corrected chi connectivity index (χ4v) is 1.32. The molecule has 84 valence electrons. The fourth-order valence-electron chi connectivity index (χ4n) is 1.32. The molecule has 0 spiro atoms. The summed E-state index contributed by atoms with van der Waals surface area (Å²) in [7, 11) is 0. The molecule has 0 atom stereocenters. The number of rotatable bonds is 10. The molecule has 0 bridgehead atoms. The molecule has 0 saturated carbocycles. The summed E-state index contributed by atoms with van der Waals surface area (Å²) in [4.78, 5) is 2.28. The molecule has 0 saturated heterocycles. The first-order valence-corrected chi connectivity index (χ1v) is 5.37. The van der Waals surface area contributed by atoms with Crippen molar-refractivity contribution in [2.45, 2.75) is 12.8 Å². The largest absolute Gasteiger partial charge is 0.316 e. The van der Waals surface area contributed by atoms with E-state index in [1.807, 2.05) is 12.2 Å². The highest BCUT2D eigenvalue weighted by atomic mass is 15.1. The molecule has 0 rings (SSSR count). The summed E-state index contributed by atoms with van der Waals surface area (Å²) >= 11 is 0. The minimum atomic E-state index is 0.586.